The van der Waals surface area contributed by atoms with Gasteiger partial charge in [-0.25, -0.2) is 4.79 Å². The molecule has 0 aliphatic carbocycles. The summed E-state index contributed by atoms with van der Waals surface area (Å²) in [6.45, 7) is 2.60. The van der Waals surface area contributed by atoms with Crippen molar-refractivity contribution >= 4 is 17.7 Å². The summed E-state index contributed by atoms with van der Waals surface area (Å²) >= 11 is 1.52. The molecule has 0 radical (unpaired) electrons. The number of alkyl halides is 3. The average Bonchev–Trinajstić information content (AvgIpc) is 3.22. The minimum absolute atomic E-state index is 0.169. The van der Waals surface area contributed by atoms with E-state index >= 15 is 0 Å². The zero-order chi connectivity index (χ0) is 40.0. The molecule has 0 aromatic heterocycles. The van der Waals surface area contributed by atoms with Gasteiger partial charge in [0.2, 0.25) is 0 Å². The van der Waals surface area contributed by atoms with Gasteiger partial charge in [-0.2, -0.15) is 13.2 Å². The van der Waals surface area contributed by atoms with Crippen molar-refractivity contribution in [2.24, 2.45) is 0 Å². The van der Waals surface area contributed by atoms with E-state index in [0.29, 0.717) is 6.61 Å². The molecule has 0 aliphatic heterocycles. The molecule has 4 aromatic carbocycles. The van der Waals surface area contributed by atoms with E-state index in [2.05, 4.69) is 43.3 Å². The van der Waals surface area contributed by atoms with E-state index < -0.39 is 27.7 Å². The minimum Gasteiger partial charge on any atom is -0.462 e. The number of thioether (sulfide) groups is 1. The highest BCUT2D eigenvalue weighted by Gasteiger charge is 2.64. The van der Waals surface area contributed by atoms with Gasteiger partial charge in [0.25, 0.3) is 5.60 Å². The highest BCUT2D eigenvalue weighted by atomic mass is 32.2. The predicted molar refractivity (Wildman–Crippen MR) is 224 cm³/mol. The number of rotatable bonds is 27. The van der Waals surface area contributed by atoms with E-state index in [1.807, 2.05) is 54.6 Å². The Kier molecular flexibility index (Phi) is 19.5. The second-order valence-corrected chi connectivity index (χ2v) is 16.1. The number of esters is 1. The van der Waals surface area contributed by atoms with Crippen molar-refractivity contribution in [3.8, 4) is 0 Å². The van der Waals surface area contributed by atoms with E-state index in [1.165, 1.54) is 107 Å². The maximum Gasteiger partial charge on any atom is 0.432 e. The van der Waals surface area contributed by atoms with Crippen LogP contribution in [0.25, 0.3) is 0 Å². The largest absolute Gasteiger partial charge is 0.462 e. The van der Waals surface area contributed by atoms with Gasteiger partial charge in [-0.15, -0.1) is 11.8 Å². The number of benzene rings is 4. The van der Waals surface area contributed by atoms with Gasteiger partial charge >= 0.3 is 12.1 Å². The van der Waals surface area contributed by atoms with E-state index in [4.69, 9.17) is 14.2 Å². The quantitative estimate of drug-likeness (QED) is 0.0342. The normalized spacial score (nSPS) is 13.6. The summed E-state index contributed by atoms with van der Waals surface area (Å²) < 4.78 is 60.7. The van der Waals surface area contributed by atoms with Crippen LogP contribution in [0.2, 0.25) is 0 Å². The Hall–Kier alpha value is -3.59. The topological polar surface area (TPSA) is 44.8 Å². The molecule has 8 heteroatoms. The Morgan fingerprint density at radius 3 is 1.30 bits per heavy atom. The zero-order valence-electron chi connectivity index (χ0n) is 33.3. The molecule has 0 heterocycles. The lowest BCUT2D eigenvalue weighted by atomic mass is 9.84. The zero-order valence-corrected chi connectivity index (χ0v) is 34.1. The van der Waals surface area contributed by atoms with Crippen molar-refractivity contribution in [3.63, 3.8) is 0 Å². The number of unbranched alkanes of at least 4 members (excludes halogenated alkanes) is 13. The first-order valence-electron chi connectivity index (χ1n) is 20.6. The fourth-order valence-electron chi connectivity index (χ4n) is 7.36. The van der Waals surface area contributed by atoms with Crippen LogP contribution in [0.1, 0.15) is 119 Å². The summed E-state index contributed by atoms with van der Waals surface area (Å²) in [6.07, 6.45) is 12.5. The molecule has 0 unspecified atom stereocenters. The SMILES string of the molecule is CCCCCCCCCCCCCCCCOC[C@H](COC(=O)[C@](OC)(c1ccccc1)C(F)(F)F)SC(c1ccccc1)(c1ccccc1)c1ccccc1. The van der Waals surface area contributed by atoms with Crippen molar-refractivity contribution in [2.45, 2.75) is 119 Å². The number of carbonyl (C=O) groups excluding carboxylic acids is 1. The molecule has 2 atom stereocenters. The van der Waals surface area contributed by atoms with Crippen LogP contribution >= 0.6 is 11.8 Å². The van der Waals surface area contributed by atoms with Crippen molar-refractivity contribution < 1.29 is 32.2 Å². The molecule has 56 heavy (non-hydrogen) atoms. The maximum absolute atomic E-state index is 14.8. The molecule has 0 spiro atoms. The number of ether oxygens (including phenoxy) is 3. The van der Waals surface area contributed by atoms with Crippen molar-refractivity contribution in [1.82, 2.24) is 0 Å². The molecule has 4 aromatic rings. The smallest absolute Gasteiger partial charge is 0.432 e. The molecule has 4 nitrogen and oxygen atoms in total. The van der Waals surface area contributed by atoms with Gasteiger partial charge in [-0.3, -0.25) is 0 Å². The summed E-state index contributed by atoms with van der Waals surface area (Å²) in [5, 5.41) is -0.551. The molecule has 0 saturated carbocycles. The number of halogens is 3. The molecular formula is C48H61F3O4S. The van der Waals surface area contributed by atoms with Crippen LogP contribution < -0.4 is 0 Å². The van der Waals surface area contributed by atoms with E-state index in [-0.39, 0.29) is 18.8 Å². The molecule has 0 bridgehead atoms. The van der Waals surface area contributed by atoms with Crippen LogP contribution in [0, 0.1) is 0 Å². The van der Waals surface area contributed by atoms with Gasteiger partial charge in [-0.1, -0.05) is 212 Å². The second-order valence-electron chi connectivity index (χ2n) is 14.5. The monoisotopic (exact) mass is 790 g/mol. The Morgan fingerprint density at radius 1 is 0.554 bits per heavy atom. The van der Waals surface area contributed by atoms with Crippen molar-refractivity contribution in [1.29, 1.82) is 0 Å². The lowest BCUT2D eigenvalue weighted by Crippen LogP contribution is -2.52. The maximum atomic E-state index is 14.8. The van der Waals surface area contributed by atoms with Gasteiger partial charge in [-0.05, 0) is 23.1 Å². The standard InChI is InChI=1S/C48H61F3O4S/c1-3-4-5-6-7-8-9-10-11-12-13-14-15-28-37-54-38-44(39-55-45(52)47(53-2,48(49,50)51)43-35-26-19-27-36-43)56-46(40-29-20-16-21-30-40,41-31-22-17-23-32-41)42-33-24-18-25-34-42/h16-27,29-36,44H,3-15,28,37-39H2,1-2H3/t44-,47-/m1/s1. The summed E-state index contributed by atoms with van der Waals surface area (Å²) in [4.78, 5) is 13.7. The van der Waals surface area contributed by atoms with Crippen molar-refractivity contribution in [3.05, 3.63) is 144 Å². The van der Waals surface area contributed by atoms with Crippen LogP contribution in [0.15, 0.2) is 121 Å². The first-order valence-corrected chi connectivity index (χ1v) is 21.4. The molecule has 0 fully saturated rings. The highest BCUT2D eigenvalue weighted by molar-refractivity contribution is 8.01. The van der Waals surface area contributed by atoms with Gasteiger partial charge < -0.3 is 14.2 Å². The van der Waals surface area contributed by atoms with Crippen LogP contribution in [-0.2, 0) is 29.4 Å². The highest BCUT2D eigenvalue weighted by Crippen LogP contribution is 2.51. The Bertz CT molecular complexity index is 1530. The first-order chi connectivity index (χ1) is 27.3. The molecule has 304 valence electrons. The Morgan fingerprint density at radius 2 is 0.929 bits per heavy atom. The summed E-state index contributed by atoms with van der Waals surface area (Å²) in [5.41, 5.74) is -0.677. The molecular weight excluding hydrogens is 730 g/mol. The van der Waals surface area contributed by atoms with Gasteiger partial charge in [0.1, 0.15) is 6.61 Å². The predicted octanol–water partition coefficient (Wildman–Crippen LogP) is 13.2. The lowest BCUT2D eigenvalue weighted by molar-refractivity contribution is -0.276. The van der Waals surface area contributed by atoms with Gasteiger partial charge in [0.15, 0.2) is 0 Å². The lowest BCUT2D eigenvalue weighted by Gasteiger charge is -2.38. The third kappa shape index (κ3) is 12.7. The summed E-state index contributed by atoms with van der Waals surface area (Å²) in [7, 11) is 0.888. The molecule has 0 N–H and O–H groups in total. The Balaban J connectivity index is 1.47. The summed E-state index contributed by atoms with van der Waals surface area (Å²) in [5.74, 6) is -1.51. The number of carbonyl (C=O) groups is 1. The van der Waals surface area contributed by atoms with E-state index in [1.54, 1.807) is 6.07 Å². The third-order valence-electron chi connectivity index (χ3n) is 10.4. The second kappa shape index (κ2) is 24.2. The van der Waals surface area contributed by atoms with Crippen molar-refractivity contribution in [2.75, 3.05) is 26.9 Å². The number of hydrogen-bond donors (Lipinski definition) is 0. The van der Waals surface area contributed by atoms with E-state index in [0.717, 1.165) is 43.1 Å². The average molecular weight is 791 g/mol. The minimum atomic E-state index is -5.07. The van der Waals surface area contributed by atoms with Crippen LogP contribution in [0.3, 0.4) is 0 Å². The van der Waals surface area contributed by atoms with Crippen LogP contribution in [0.5, 0.6) is 0 Å². The number of hydrogen-bond acceptors (Lipinski definition) is 5. The Labute approximate surface area is 337 Å². The molecule has 4 rings (SSSR count). The third-order valence-corrected chi connectivity index (χ3v) is 12.1. The fourth-order valence-corrected chi connectivity index (χ4v) is 8.98. The summed E-state index contributed by atoms with van der Waals surface area (Å²) in [6, 6.07) is 37.0. The number of methoxy groups -OCH3 is 1. The van der Waals surface area contributed by atoms with Gasteiger partial charge in [0.05, 0.1) is 16.6 Å². The van der Waals surface area contributed by atoms with Crippen LogP contribution in [0.4, 0.5) is 13.2 Å². The molecule has 0 saturated heterocycles. The fraction of sp³-hybridized carbons (Fsp3) is 0.479. The molecule has 0 amide bonds. The van der Waals surface area contributed by atoms with Crippen LogP contribution in [-0.4, -0.2) is 44.3 Å². The first kappa shape index (κ1) is 45.1. The van der Waals surface area contributed by atoms with E-state index in [9.17, 15) is 18.0 Å². The molecule has 0 aliphatic rings. The van der Waals surface area contributed by atoms with Gasteiger partial charge in [0, 0.05) is 19.3 Å².